The maximum absolute atomic E-state index is 10.9. The molecule has 1 aliphatic heterocycles. The summed E-state index contributed by atoms with van der Waals surface area (Å²) in [6, 6.07) is 7.56. The number of carbonyl (C=O) groups is 1. The lowest BCUT2D eigenvalue weighted by Crippen LogP contribution is -2.47. The van der Waals surface area contributed by atoms with Crippen LogP contribution in [-0.2, 0) is 16.1 Å². The van der Waals surface area contributed by atoms with Crippen LogP contribution in [0.5, 0.6) is 5.75 Å². The van der Waals surface area contributed by atoms with E-state index in [2.05, 4.69) is 36.4 Å². The van der Waals surface area contributed by atoms with E-state index in [4.69, 9.17) is 15.2 Å². The Labute approximate surface area is 168 Å². The van der Waals surface area contributed by atoms with Crippen LogP contribution in [0.4, 0.5) is 0 Å². The van der Waals surface area contributed by atoms with E-state index < -0.39 is 5.91 Å². The maximum atomic E-state index is 10.9. The van der Waals surface area contributed by atoms with Crippen molar-refractivity contribution in [2.24, 2.45) is 22.1 Å². The van der Waals surface area contributed by atoms with Gasteiger partial charge in [0.25, 0.3) is 5.91 Å². The van der Waals surface area contributed by atoms with Crippen LogP contribution in [0.2, 0.25) is 0 Å². The molecule has 1 amide bonds. The summed E-state index contributed by atoms with van der Waals surface area (Å²) in [7, 11) is 1.76. The normalized spacial score (nSPS) is 20.5. The number of carbonyl (C=O) groups excluding carboxylic acids is 1. The van der Waals surface area contributed by atoms with Crippen LogP contribution in [0.1, 0.15) is 39.2 Å². The summed E-state index contributed by atoms with van der Waals surface area (Å²) >= 11 is 0. The van der Waals surface area contributed by atoms with Crippen molar-refractivity contribution in [3.63, 3.8) is 0 Å². The lowest BCUT2D eigenvalue weighted by Gasteiger charge is -2.40. The molecule has 7 nitrogen and oxygen atoms in total. The number of benzene rings is 1. The largest absolute Gasteiger partial charge is 0.484 e. The third-order valence-electron chi connectivity index (χ3n) is 4.79. The number of amides is 1. The zero-order valence-corrected chi connectivity index (χ0v) is 17.5. The first-order valence-corrected chi connectivity index (χ1v) is 9.85. The van der Waals surface area contributed by atoms with E-state index in [-0.39, 0.29) is 18.1 Å². The highest BCUT2D eigenvalue weighted by Crippen LogP contribution is 2.33. The SMILES string of the molecule is CN=C(NCc1cccc(OCC(N)=O)c1)NCC1CCCOC1C(C)(C)C. The average molecular weight is 391 g/mol. The van der Waals surface area contributed by atoms with Crippen LogP contribution >= 0.6 is 0 Å². The molecular weight excluding hydrogens is 356 g/mol. The van der Waals surface area contributed by atoms with Crippen LogP contribution in [0, 0.1) is 11.3 Å². The molecule has 0 bridgehead atoms. The average Bonchev–Trinajstić information content (AvgIpc) is 2.66. The highest BCUT2D eigenvalue weighted by Gasteiger charge is 2.35. The summed E-state index contributed by atoms with van der Waals surface area (Å²) in [6.45, 7) is 8.84. The van der Waals surface area contributed by atoms with E-state index in [1.165, 1.54) is 0 Å². The molecular formula is C21H34N4O3. The van der Waals surface area contributed by atoms with Crippen LogP contribution in [-0.4, -0.2) is 44.8 Å². The number of nitrogens with one attached hydrogen (secondary N) is 2. The maximum Gasteiger partial charge on any atom is 0.255 e. The number of aliphatic imine (C=N–C) groups is 1. The molecule has 0 aromatic heterocycles. The van der Waals surface area contributed by atoms with Crippen molar-refractivity contribution in [1.82, 2.24) is 10.6 Å². The van der Waals surface area contributed by atoms with Crippen LogP contribution in [0.25, 0.3) is 0 Å². The van der Waals surface area contributed by atoms with Gasteiger partial charge in [-0.1, -0.05) is 32.9 Å². The Morgan fingerprint density at radius 2 is 2.14 bits per heavy atom. The van der Waals surface area contributed by atoms with Crippen LogP contribution in [0.3, 0.4) is 0 Å². The zero-order valence-electron chi connectivity index (χ0n) is 17.5. The fraction of sp³-hybridized carbons (Fsp3) is 0.619. The van der Waals surface area contributed by atoms with Gasteiger partial charge in [-0.05, 0) is 36.0 Å². The summed E-state index contributed by atoms with van der Waals surface area (Å²) in [5.41, 5.74) is 6.26. The van der Waals surface area contributed by atoms with E-state index in [0.717, 1.165) is 37.5 Å². The monoisotopic (exact) mass is 390 g/mol. The molecule has 7 heteroatoms. The number of guanidine groups is 1. The highest BCUT2D eigenvalue weighted by atomic mass is 16.5. The molecule has 1 saturated heterocycles. The molecule has 4 N–H and O–H groups in total. The highest BCUT2D eigenvalue weighted by molar-refractivity contribution is 5.79. The summed E-state index contributed by atoms with van der Waals surface area (Å²) < 4.78 is 11.4. The zero-order chi connectivity index (χ0) is 20.6. The van der Waals surface area contributed by atoms with Crippen LogP contribution in [0.15, 0.2) is 29.3 Å². The second kappa shape index (κ2) is 10.3. The summed E-state index contributed by atoms with van der Waals surface area (Å²) in [6.07, 6.45) is 2.50. The molecule has 0 radical (unpaired) electrons. The van der Waals surface area contributed by atoms with Crippen molar-refractivity contribution in [2.75, 3.05) is 26.8 Å². The van der Waals surface area contributed by atoms with Gasteiger partial charge in [-0.3, -0.25) is 9.79 Å². The van der Waals surface area contributed by atoms with E-state index in [1.54, 1.807) is 13.1 Å². The second-order valence-corrected chi connectivity index (χ2v) is 8.27. The summed E-state index contributed by atoms with van der Waals surface area (Å²) in [4.78, 5) is 15.2. The molecule has 1 heterocycles. The predicted octanol–water partition coefficient (Wildman–Crippen LogP) is 2.06. The number of hydrogen-bond donors (Lipinski definition) is 3. The smallest absolute Gasteiger partial charge is 0.255 e. The number of nitrogens with two attached hydrogens (primary N) is 1. The van der Waals surface area contributed by atoms with E-state index in [1.807, 2.05) is 18.2 Å². The predicted molar refractivity (Wildman–Crippen MR) is 111 cm³/mol. The van der Waals surface area contributed by atoms with Crippen molar-refractivity contribution >= 4 is 11.9 Å². The van der Waals surface area contributed by atoms with Crippen molar-refractivity contribution in [1.29, 1.82) is 0 Å². The molecule has 2 rings (SSSR count). The van der Waals surface area contributed by atoms with Crippen molar-refractivity contribution in [2.45, 2.75) is 46.3 Å². The number of primary amides is 1. The Bertz CT molecular complexity index is 670. The first kappa shape index (κ1) is 22.0. The Morgan fingerprint density at radius 1 is 1.36 bits per heavy atom. The van der Waals surface area contributed by atoms with Crippen molar-refractivity contribution in [3.8, 4) is 5.75 Å². The number of rotatable bonds is 7. The lowest BCUT2D eigenvalue weighted by atomic mass is 9.78. The molecule has 156 valence electrons. The molecule has 1 aromatic carbocycles. The Balaban J connectivity index is 1.86. The van der Waals surface area contributed by atoms with Gasteiger partial charge in [-0.25, -0.2) is 0 Å². The van der Waals surface area contributed by atoms with E-state index in [9.17, 15) is 4.79 Å². The fourth-order valence-corrected chi connectivity index (χ4v) is 3.54. The van der Waals surface area contributed by atoms with Crippen molar-refractivity contribution in [3.05, 3.63) is 29.8 Å². The Morgan fingerprint density at radius 3 is 2.82 bits per heavy atom. The molecule has 0 spiro atoms. The minimum absolute atomic E-state index is 0.120. The van der Waals surface area contributed by atoms with Gasteiger partial charge in [0.1, 0.15) is 5.75 Å². The minimum atomic E-state index is -0.492. The lowest BCUT2D eigenvalue weighted by molar-refractivity contribution is -0.119. The Hall–Kier alpha value is -2.28. The van der Waals surface area contributed by atoms with Gasteiger partial charge in [-0.2, -0.15) is 0 Å². The minimum Gasteiger partial charge on any atom is -0.484 e. The van der Waals surface area contributed by atoms with Gasteiger partial charge in [0.15, 0.2) is 12.6 Å². The van der Waals surface area contributed by atoms with E-state index >= 15 is 0 Å². The van der Waals surface area contributed by atoms with Crippen LogP contribution < -0.4 is 21.1 Å². The van der Waals surface area contributed by atoms with Gasteiger partial charge >= 0.3 is 0 Å². The third kappa shape index (κ3) is 7.03. The molecule has 1 aliphatic rings. The van der Waals surface area contributed by atoms with Gasteiger partial charge in [-0.15, -0.1) is 0 Å². The quantitative estimate of drug-likeness (QED) is 0.489. The van der Waals surface area contributed by atoms with Gasteiger partial charge < -0.3 is 25.8 Å². The second-order valence-electron chi connectivity index (χ2n) is 8.27. The standard InChI is InChI=1S/C21H34N4O3/c1-21(2,3)19-16(8-6-10-27-19)13-25-20(23-4)24-12-15-7-5-9-17(11-15)28-14-18(22)26/h5,7,9,11,16,19H,6,8,10,12-14H2,1-4H3,(H2,22,26)(H2,23,24,25). The summed E-state index contributed by atoms with van der Waals surface area (Å²) in [5, 5.41) is 6.75. The van der Waals surface area contributed by atoms with E-state index in [0.29, 0.717) is 18.2 Å². The van der Waals surface area contributed by atoms with Gasteiger partial charge in [0, 0.05) is 32.7 Å². The molecule has 2 atom stereocenters. The Kier molecular flexibility index (Phi) is 8.11. The number of hydrogen-bond acceptors (Lipinski definition) is 4. The topological polar surface area (TPSA) is 98.0 Å². The van der Waals surface area contributed by atoms with Gasteiger partial charge in [0.05, 0.1) is 6.10 Å². The van der Waals surface area contributed by atoms with Gasteiger partial charge in [0.2, 0.25) is 0 Å². The van der Waals surface area contributed by atoms with Crippen molar-refractivity contribution < 1.29 is 14.3 Å². The number of ether oxygens (including phenoxy) is 2. The third-order valence-corrected chi connectivity index (χ3v) is 4.79. The number of nitrogens with zero attached hydrogens (tertiary/aromatic N) is 1. The molecule has 1 fully saturated rings. The molecule has 0 aliphatic carbocycles. The molecule has 0 saturated carbocycles. The molecule has 28 heavy (non-hydrogen) atoms. The first-order chi connectivity index (χ1) is 13.3. The molecule has 1 aromatic rings. The molecule has 2 unspecified atom stereocenters. The first-order valence-electron chi connectivity index (χ1n) is 9.85. The summed E-state index contributed by atoms with van der Waals surface area (Å²) in [5.74, 6) is 1.33. The fourth-order valence-electron chi connectivity index (χ4n) is 3.54.